The average molecular weight is 278 g/mol. The molecular weight excluding hydrogens is 267 g/mol. The summed E-state index contributed by atoms with van der Waals surface area (Å²) in [5.74, 6) is 0. The van der Waals surface area contributed by atoms with Gasteiger partial charge in [0, 0.05) is 41.6 Å². The van der Waals surface area contributed by atoms with Crippen molar-refractivity contribution < 1.29 is 4.74 Å². The Morgan fingerprint density at radius 1 is 1.58 bits per heavy atom. The number of imidazole rings is 1. The Hall–Kier alpha value is -0.100. The molecule has 1 unspecified atom stereocenters. The highest BCUT2D eigenvalue weighted by Crippen LogP contribution is 2.23. The van der Waals surface area contributed by atoms with Crippen molar-refractivity contribution in [3.05, 3.63) is 16.2 Å². The molecule has 3 nitrogen and oxygen atoms in total. The Bertz CT molecular complexity index is 255. The lowest BCUT2D eigenvalue weighted by molar-refractivity contribution is -0.0335. The highest BCUT2D eigenvalue weighted by Gasteiger charge is 2.16. The molecule has 0 spiro atoms. The third-order valence-corrected chi connectivity index (χ3v) is 2.92. The van der Waals surface area contributed by atoms with Crippen LogP contribution in [0.1, 0.15) is 25.5 Å². The summed E-state index contributed by atoms with van der Waals surface area (Å²) in [6.07, 6.45) is 7.61. The van der Waals surface area contributed by atoms with Crippen molar-refractivity contribution in [2.45, 2.75) is 25.5 Å². The van der Waals surface area contributed by atoms with E-state index in [-0.39, 0.29) is 6.23 Å². The van der Waals surface area contributed by atoms with Crippen LogP contribution >= 0.6 is 22.6 Å². The average Bonchev–Trinajstić information content (AvgIpc) is 2.53. The van der Waals surface area contributed by atoms with E-state index in [9.17, 15) is 0 Å². The van der Waals surface area contributed by atoms with Gasteiger partial charge in [0.2, 0.25) is 0 Å². The summed E-state index contributed by atoms with van der Waals surface area (Å²) < 4.78 is 8.73. The van der Waals surface area contributed by atoms with E-state index in [2.05, 4.69) is 32.1 Å². The lowest BCUT2D eigenvalue weighted by Gasteiger charge is -2.24. The molecular formula is C8H11IN2O. The van der Waals surface area contributed by atoms with Gasteiger partial charge >= 0.3 is 0 Å². The van der Waals surface area contributed by atoms with Crippen molar-refractivity contribution in [3.63, 3.8) is 0 Å². The Balaban J connectivity index is 2.13. The van der Waals surface area contributed by atoms with Crippen LogP contribution in [0.3, 0.4) is 0 Å². The van der Waals surface area contributed by atoms with Crippen LogP contribution in [0.15, 0.2) is 12.4 Å². The van der Waals surface area contributed by atoms with Gasteiger partial charge in [-0.3, -0.25) is 4.57 Å². The third-order valence-electron chi connectivity index (χ3n) is 2.09. The quantitative estimate of drug-likeness (QED) is 0.736. The van der Waals surface area contributed by atoms with Crippen LogP contribution in [-0.2, 0) is 4.74 Å². The van der Waals surface area contributed by atoms with Crippen LogP contribution in [0, 0.1) is 3.83 Å². The van der Waals surface area contributed by atoms with Gasteiger partial charge in [-0.15, -0.1) is 0 Å². The van der Waals surface area contributed by atoms with Gasteiger partial charge in [-0.2, -0.15) is 0 Å². The molecule has 1 fully saturated rings. The lowest BCUT2D eigenvalue weighted by Crippen LogP contribution is -2.18. The summed E-state index contributed by atoms with van der Waals surface area (Å²) in [4.78, 5) is 4.16. The first kappa shape index (κ1) is 8.50. The van der Waals surface area contributed by atoms with Gasteiger partial charge in [-0.25, -0.2) is 4.98 Å². The first-order valence-electron chi connectivity index (χ1n) is 4.18. The topological polar surface area (TPSA) is 27.1 Å². The fourth-order valence-corrected chi connectivity index (χ4v) is 2.09. The molecule has 0 aliphatic carbocycles. The smallest absolute Gasteiger partial charge is 0.173 e. The molecule has 0 radical (unpaired) electrons. The minimum absolute atomic E-state index is 0.230. The van der Waals surface area contributed by atoms with Crippen molar-refractivity contribution >= 4 is 22.6 Å². The molecule has 1 aliphatic heterocycles. The van der Waals surface area contributed by atoms with Crippen LogP contribution in [-0.4, -0.2) is 16.2 Å². The molecule has 1 atom stereocenters. The fourth-order valence-electron chi connectivity index (χ4n) is 1.45. The van der Waals surface area contributed by atoms with E-state index in [1.54, 1.807) is 0 Å². The van der Waals surface area contributed by atoms with Gasteiger partial charge in [0.15, 0.2) is 3.83 Å². The highest BCUT2D eigenvalue weighted by atomic mass is 127. The fraction of sp³-hybridized carbons (Fsp3) is 0.625. The second kappa shape index (κ2) is 3.74. The monoisotopic (exact) mass is 278 g/mol. The predicted octanol–water partition coefficient (Wildman–Crippen LogP) is 2.19. The van der Waals surface area contributed by atoms with E-state index >= 15 is 0 Å². The van der Waals surface area contributed by atoms with Crippen molar-refractivity contribution in [2.75, 3.05) is 6.61 Å². The zero-order valence-electron chi connectivity index (χ0n) is 6.74. The van der Waals surface area contributed by atoms with E-state index in [4.69, 9.17) is 4.74 Å². The zero-order chi connectivity index (χ0) is 8.39. The maximum absolute atomic E-state index is 5.62. The minimum Gasteiger partial charge on any atom is -0.358 e. The molecule has 66 valence electrons. The van der Waals surface area contributed by atoms with E-state index in [0.717, 1.165) is 16.9 Å². The number of hydrogen-bond acceptors (Lipinski definition) is 2. The molecule has 0 amide bonds. The summed E-state index contributed by atoms with van der Waals surface area (Å²) in [6, 6.07) is 0. The molecule has 1 aromatic rings. The van der Waals surface area contributed by atoms with Gasteiger partial charge in [-0.1, -0.05) is 0 Å². The van der Waals surface area contributed by atoms with Crippen LogP contribution in [0.4, 0.5) is 0 Å². The number of rotatable bonds is 1. The van der Waals surface area contributed by atoms with Crippen molar-refractivity contribution in [3.8, 4) is 0 Å². The van der Waals surface area contributed by atoms with Gasteiger partial charge in [0.25, 0.3) is 0 Å². The number of ether oxygens (including phenoxy) is 1. The van der Waals surface area contributed by atoms with Gasteiger partial charge in [0.05, 0.1) is 0 Å². The van der Waals surface area contributed by atoms with E-state index in [0.29, 0.717) is 0 Å². The molecule has 0 saturated carbocycles. The van der Waals surface area contributed by atoms with Crippen molar-refractivity contribution in [1.29, 1.82) is 0 Å². The molecule has 0 aromatic carbocycles. The summed E-state index contributed by atoms with van der Waals surface area (Å²) in [6.45, 7) is 0.888. The summed E-state index contributed by atoms with van der Waals surface area (Å²) in [5, 5.41) is 0. The molecule has 0 N–H and O–H groups in total. The lowest BCUT2D eigenvalue weighted by atomic mass is 10.2. The Labute approximate surface area is 85.3 Å². The Kier molecular flexibility index (Phi) is 2.65. The van der Waals surface area contributed by atoms with E-state index in [1.807, 2.05) is 12.4 Å². The first-order chi connectivity index (χ1) is 5.88. The normalized spacial score (nSPS) is 24.2. The van der Waals surface area contributed by atoms with E-state index < -0.39 is 0 Å². The van der Waals surface area contributed by atoms with Crippen LogP contribution < -0.4 is 0 Å². The predicted molar refractivity (Wildman–Crippen MR) is 53.8 cm³/mol. The zero-order valence-corrected chi connectivity index (χ0v) is 8.90. The summed E-state index contributed by atoms with van der Waals surface area (Å²) >= 11 is 2.23. The molecule has 1 aliphatic rings. The third kappa shape index (κ3) is 1.64. The van der Waals surface area contributed by atoms with E-state index in [1.165, 1.54) is 12.8 Å². The van der Waals surface area contributed by atoms with Crippen molar-refractivity contribution in [1.82, 2.24) is 9.55 Å². The van der Waals surface area contributed by atoms with Gasteiger partial charge in [0.1, 0.15) is 6.23 Å². The number of halogens is 1. The summed E-state index contributed by atoms with van der Waals surface area (Å²) in [7, 11) is 0. The van der Waals surface area contributed by atoms with Crippen LogP contribution in [0.25, 0.3) is 0 Å². The number of hydrogen-bond donors (Lipinski definition) is 0. The standard InChI is InChI=1S/C8H11IN2O/c9-8-10-4-5-11(8)7-3-1-2-6-12-7/h4-5,7H,1-3,6H2. The maximum Gasteiger partial charge on any atom is 0.173 e. The van der Waals surface area contributed by atoms with Crippen LogP contribution in [0.5, 0.6) is 0 Å². The Morgan fingerprint density at radius 2 is 2.50 bits per heavy atom. The first-order valence-corrected chi connectivity index (χ1v) is 5.26. The van der Waals surface area contributed by atoms with Crippen LogP contribution in [0.2, 0.25) is 0 Å². The SMILES string of the molecule is Ic1nccn1C1CCCCO1. The molecule has 4 heteroatoms. The number of aromatic nitrogens is 2. The molecule has 2 heterocycles. The summed E-state index contributed by atoms with van der Waals surface area (Å²) in [5.41, 5.74) is 0. The minimum atomic E-state index is 0.230. The van der Waals surface area contributed by atoms with Gasteiger partial charge in [-0.05, 0) is 19.3 Å². The highest BCUT2D eigenvalue weighted by molar-refractivity contribution is 14.1. The van der Waals surface area contributed by atoms with Crippen molar-refractivity contribution in [2.24, 2.45) is 0 Å². The second-order valence-electron chi connectivity index (χ2n) is 2.92. The largest absolute Gasteiger partial charge is 0.358 e. The second-order valence-corrected chi connectivity index (χ2v) is 3.89. The van der Waals surface area contributed by atoms with Gasteiger partial charge < -0.3 is 4.74 Å². The Morgan fingerprint density at radius 3 is 3.08 bits per heavy atom. The molecule has 2 rings (SSSR count). The number of nitrogens with zero attached hydrogens (tertiary/aromatic N) is 2. The maximum atomic E-state index is 5.62. The molecule has 1 saturated heterocycles. The molecule has 1 aromatic heterocycles. The molecule has 0 bridgehead atoms. The molecule has 12 heavy (non-hydrogen) atoms.